The van der Waals surface area contributed by atoms with Crippen molar-refractivity contribution in [3.8, 4) is 0 Å². The van der Waals surface area contributed by atoms with Crippen LogP contribution < -0.4 is 5.32 Å². The van der Waals surface area contributed by atoms with Crippen molar-refractivity contribution in [2.75, 3.05) is 26.3 Å². The van der Waals surface area contributed by atoms with E-state index < -0.39 is 0 Å². The number of ether oxygens (including phenoxy) is 1. The number of hydrogen-bond acceptors (Lipinski definition) is 4. The number of rotatable bonds is 5. The zero-order valence-electron chi connectivity index (χ0n) is 12.9. The van der Waals surface area contributed by atoms with Crippen LogP contribution in [0.1, 0.15) is 24.3 Å². The van der Waals surface area contributed by atoms with Crippen LogP contribution in [0.4, 0.5) is 0 Å². The zero-order valence-corrected chi connectivity index (χ0v) is 13.7. The number of thiophene rings is 1. The Morgan fingerprint density at radius 3 is 3.05 bits per heavy atom. The predicted molar refractivity (Wildman–Crippen MR) is 89.9 cm³/mol. The first-order valence-electron chi connectivity index (χ1n) is 7.81. The first kappa shape index (κ1) is 15.0. The largest absolute Gasteiger partial charge is 0.379 e. The SMILES string of the molecule is CCNCc1sc2ccccc2c1CN1CCOCC1C. The van der Waals surface area contributed by atoms with Gasteiger partial charge in [0, 0.05) is 35.3 Å². The van der Waals surface area contributed by atoms with Crippen LogP contribution in [0.3, 0.4) is 0 Å². The highest BCUT2D eigenvalue weighted by Gasteiger charge is 2.21. The third-order valence-corrected chi connectivity index (χ3v) is 5.40. The molecule has 0 bridgehead atoms. The molecule has 0 aliphatic carbocycles. The number of nitrogens with zero attached hydrogens (tertiary/aromatic N) is 1. The number of hydrogen-bond donors (Lipinski definition) is 1. The van der Waals surface area contributed by atoms with E-state index >= 15 is 0 Å². The second-order valence-electron chi connectivity index (χ2n) is 5.67. The molecule has 2 aromatic rings. The Morgan fingerprint density at radius 1 is 1.38 bits per heavy atom. The molecule has 2 heterocycles. The molecule has 0 amide bonds. The van der Waals surface area contributed by atoms with E-state index in [-0.39, 0.29) is 0 Å². The second kappa shape index (κ2) is 6.88. The van der Waals surface area contributed by atoms with Crippen LogP contribution in [0.2, 0.25) is 0 Å². The fourth-order valence-electron chi connectivity index (χ4n) is 2.90. The average molecular weight is 304 g/mol. The van der Waals surface area contributed by atoms with E-state index in [1.54, 1.807) is 0 Å². The zero-order chi connectivity index (χ0) is 14.7. The smallest absolute Gasteiger partial charge is 0.0619 e. The molecule has 0 saturated carbocycles. The number of morpholine rings is 1. The van der Waals surface area contributed by atoms with Crippen LogP contribution >= 0.6 is 11.3 Å². The average Bonchev–Trinajstić information content (AvgIpc) is 2.85. The molecule has 1 N–H and O–H groups in total. The summed E-state index contributed by atoms with van der Waals surface area (Å²) in [6.07, 6.45) is 0. The summed E-state index contributed by atoms with van der Waals surface area (Å²) in [7, 11) is 0. The normalized spacial score (nSPS) is 20.2. The molecular weight excluding hydrogens is 280 g/mol. The summed E-state index contributed by atoms with van der Waals surface area (Å²) in [4.78, 5) is 4.03. The minimum atomic E-state index is 0.504. The minimum absolute atomic E-state index is 0.504. The fourth-order valence-corrected chi connectivity index (χ4v) is 4.09. The van der Waals surface area contributed by atoms with Gasteiger partial charge >= 0.3 is 0 Å². The third-order valence-electron chi connectivity index (χ3n) is 4.18. The maximum Gasteiger partial charge on any atom is 0.0619 e. The van der Waals surface area contributed by atoms with Crippen molar-refractivity contribution < 1.29 is 4.74 Å². The highest BCUT2D eigenvalue weighted by atomic mass is 32.1. The van der Waals surface area contributed by atoms with Crippen molar-refractivity contribution in [1.29, 1.82) is 0 Å². The summed E-state index contributed by atoms with van der Waals surface area (Å²) in [5.74, 6) is 0. The van der Waals surface area contributed by atoms with E-state index in [2.05, 4.69) is 48.3 Å². The topological polar surface area (TPSA) is 24.5 Å². The van der Waals surface area contributed by atoms with Crippen molar-refractivity contribution in [1.82, 2.24) is 10.2 Å². The lowest BCUT2D eigenvalue weighted by atomic mass is 10.1. The van der Waals surface area contributed by atoms with Gasteiger partial charge in [-0.05, 0) is 30.5 Å². The number of fused-ring (bicyclic) bond motifs is 1. The Hall–Kier alpha value is -0.940. The van der Waals surface area contributed by atoms with Gasteiger partial charge in [0.2, 0.25) is 0 Å². The van der Waals surface area contributed by atoms with Gasteiger partial charge in [0.1, 0.15) is 0 Å². The van der Waals surface area contributed by atoms with Gasteiger partial charge in [-0.2, -0.15) is 0 Å². The fraction of sp³-hybridized carbons (Fsp3) is 0.529. The Bertz CT molecular complexity index is 595. The lowest BCUT2D eigenvalue weighted by Crippen LogP contribution is -2.43. The van der Waals surface area contributed by atoms with Crippen molar-refractivity contribution in [3.05, 3.63) is 34.7 Å². The molecule has 1 aliphatic heterocycles. The van der Waals surface area contributed by atoms with E-state index in [1.807, 2.05) is 11.3 Å². The first-order chi connectivity index (χ1) is 10.3. The molecule has 1 unspecified atom stereocenters. The van der Waals surface area contributed by atoms with Crippen molar-refractivity contribution in [2.45, 2.75) is 33.0 Å². The molecule has 1 aliphatic rings. The summed E-state index contributed by atoms with van der Waals surface area (Å²) in [5, 5.41) is 4.91. The highest BCUT2D eigenvalue weighted by molar-refractivity contribution is 7.19. The lowest BCUT2D eigenvalue weighted by molar-refractivity contribution is -0.00424. The van der Waals surface area contributed by atoms with Crippen molar-refractivity contribution in [2.24, 2.45) is 0 Å². The van der Waals surface area contributed by atoms with E-state index in [9.17, 15) is 0 Å². The molecule has 1 aromatic carbocycles. The maximum atomic E-state index is 5.56. The summed E-state index contributed by atoms with van der Waals surface area (Å²) < 4.78 is 6.97. The van der Waals surface area contributed by atoms with Crippen molar-refractivity contribution >= 4 is 21.4 Å². The monoisotopic (exact) mass is 304 g/mol. The van der Waals surface area contributed by atoms with E-state index in [0.29, 0.717) is 6.04 Å². The molecule has 21 heavy (non-hydrogen) atoms. The number of benzene rings is 1. The Balaban J connectivity index is 1.90. The Labute approximate surface area is 130 Å². The van der Waals surface area contributed by atoms with E-state index in [4.69, 9.17) is 4.74 Å². The Morgan fingerprint density at radius 2 is 2.24 bits per heavy atom. The van der Waals surface area contributed by atoms with Crippen LogP contribution in [0, 0.1) is 0 Å². The van der Waals surface area contributed by atoms with Gasteiger partial charge in [-0.1, -0.05) is 25.1 Å². The minimum Gasteiger partial charge on any atom is -0.379 e. The first-order valence-corrected chi connectivity index (χ1v) is 8.63. The quantitative estimate of drug-likeness (QED) is 0.918. The summed E-state index contributed by atoms with van der Waals surface area (Å²) in [6.45, 7) is 10.2. The standard InChI is InChI=1S/C17H24N2OS/c1-3-18-10-17-15(11-19-8-9-20-12-13(19)2)14-6-4-5-7-16(14)21-17/h4-7,13,18H,3,8-12H2,1-2H3. The second-order valence-corrected chi connectivity index (χ2v) is 6.81. The van der Waals surface area contributed by atoms with Crippen LogP contribution in [0.25, 0.3) is 10.1 Å². The molecule has 1 saturated heterocycles. The van der Waals surface area contributed by atoms with Gasteiger partial charge in [0.25, 0.3) is 0 Å². The molecule has 1 atom stereocenters. The van der Waals surface area contributed by atoms with Crippen molar-refractivity contribution in [3.63, 3.8) is 0 Å². The summed E-state index contributed by atoms with van der Waals surface area (Å²) >= 11 is 1.93. The predicted octanol–water partition coefficient (Wildman–Crippen LogP) is 3.23. The van der Waals surface area contributed by atoms with Crippen LogP contribution in [0.15, 0.2) is 24.3 Å². The summed E-state index contributed by atoms with van der Waals surface area (Å²) in [5.41, 5.74) is 1.50. The molecule has 1 fully saturated rings. The van der Waals surface area contributed by atoms with Gasteiger partial charge in [-0.3, -0.25) is 4.90 Å². The van der Waals surface area contributed by atoms with E-state index in [0.717, 1.165) is 39.4 Å². The third kappa shape index (κ3) is 3.29. The van der Waals surface area contributed by atoms with Crippen LogP contribution in [-0.2, 0) is 17.8 Å². The lowest BCUT2D eigenvalue weighted by Gasteiger charge is -2.33. The molecule has 4 heteroatoms. The molecular formula is C17H24N2OS. The van der Waals surface area contributed by atoms with Gasteiger partial charge in [-0.25, -0.2) is 0 Å². The van der Waals surface area contributed by atoms with Gasteiger partial charge in [0.15, 0.2) is 0 Å². The summed E-state index contributed by atoms with van der Waals surface area (Å²) in [6, 6.07) is 9.29. The van der Waals surface area contributed by atoms with Crippen LogP contribution in [-0.4, -0.2) is 37.2 Å². The maximum absolute atomic E-state index is 5.56. The number of nitrogens with one attached hydrogen (secondary N) is 1. The highest BCUT2D eigenvalue weighted by Crippen LogP contribution is 2.32. The Kier molecular flexibility index (Phi) is 4.91. The molecule has 3 nitrogen and oxygen atoms in total. The molecule has 3 rings (SSSR count). The van der Waals surface area contributed by atoms with E-state index in [1.165, 1.54) is 20.5 Å². The van der Waals surface area contributed by atoms with Gasteiger partial charge in [0.05, 0.1) is 13.2 Å². The van der Waals surface area contributed by atoms with Crippen LogP contribution in [0.5, 0.6) is 0 Å². The molecule has 0 radical (unpaired) electrons. The van der Waals surface area contributed by atoms with Gasteiger partial charge < -0.3 is 10.1 Å². The molecule has 0 spiro atoms. The van der Waals surface area contributed by atoms with Gasteiger partial charge in [-0.15, -0.1) is 11.3 Å². The molecule has 114 valence electrons. The molecule has 1 aromatic heterocycles.